The SMILES string of the molecule is COCC(NC1CCN(c2cc(C#N)cc(Nc3nc(NC4CC4)c4ncc(C#N)n4n3)c2Cl)CC1)C1CC1. The predicted molar refractivity (Wildman–Crippen MR) is 148 cm³/mol. The Bertz CT molecular complexity index is 1440. The van der Waals surface area contributed by atoms with Crippen LogP contribution in [-0.2, 0) is 4.74 Å². The fourth-order valence-corrected chi connectivity index (χ4v) is 5.51. The third-order valence-electron chi connectivity index (χ3n) is 7.65. The third-order valence-corrected chi connectivity index (χ3v) is 8.04. The van der Waals surface area contributed by atoms with E-state index in [9.17, 15) is 10.5 Å². The van der Waals surface area contributed by atoms with E-state index in [2.05, 4.69) is 48.1 Å². The fourth-order valence-electron chi connectivity index (χ4n) is 5.23. The molecule has 1 unspecified atom stereocenters. The van der Waals surface area contributed by atoms with Crippen molar-refractivity contribution < 1.29 is 4.74 Å². The molecule has 2 aliphatic carbocycles. The van der Waals surface area contributed by atoms with Crippen LogP contribution in [0.25, 0.3) is 5.65 Å². The zero-order valence-corrected chi connectivity index (χ0v) is 22.6. The number of ether oxygens (including phenoxy) is 1. The molecule has 1 saturated heterocycles. The molecule has 0 bridgehead atoms. The molecule has 2 aromatic heterocycles. The molecule has 1 aromatic carbocycles. The lowest BCUT2D eigenvalue weighted by atomic mass is 10.0. The van der Waals surface area contributed by atoms with Gasteiger partial charge >= 0.3 is 0 Å². The molecule has 1 aliphatic heterocycles. The molecule has 2 saturated carbocycles. The van der Waals surface area contributed by atoms with Crippen LogP contribution in [0.1, 0.15) is 49.8 Å². The first-order valence-corrected chi connectivity index (χ1v) is 13.9. The summed E-state index contributed by atoms with van der Waals surface area (Å²) in [7, 11) is 1.76. The van der Waals surface area contributed by atoms with Gasteiger partial charge in [-0.3, -0.25) is 0 Å². The molecule has 0 spiro atoms. The number of nitrogens with zero attached hydrogens (tertiary/aromatic N) is 7. The predicted octanol–water partition coefficient (Wildman–Crippen LogP) is 3.82. The van der Waals surface area contributed by atoms with E-state index in [1.165, 1.54) is 23.6 Å². The highest BCUT2D eigenvalue weighted by Crippen LogP contribution is 2.38. The highest BCUT2D eigenvalue weighted by Gasteiger charge is 2.33. The Morgan fingerprint density at radius 1 is 1.10 bits per heavy atom. The second kappa shape index (κ2) is 10.9. The molecule has 3 aliphatic rings. The van der Waals surface area contributed by atoms with E-state index in [0.717, 1.165) is 57.0 Å². The molecular weight excluding hydrogens is 516 g/mol. The van der Waals surface area contributed by atoms with Crippen LogP contribution in [0, 0.1) is 28.6 Å². The average Bonchev–Trinajstić information content (AvgIpc) is 3.89. The Labute approximate surface area is 232 Å². The van der Waals surface area contributed by atoms with E-state index in [1.54, 1.807) is 13.2 Å². The summed E-state index contributed by atoms with van der Waals surface area (Å²) < 4.78 is 6.91. The molecule has 3 heterocycles. The quantitative estimate of drug-likeness (QED) is 0.344. The molecule has 3 aromatic rings. The van der Waals surface area contributed by atoms with Gasteiger partial charge in [0.1, 0.15) is 6.07 Å². The van der Waals surface area contributed by atoms with Crippen molar-refractivity contribution in [3.05, 3.63) is 34.6 Å². The van der Waals surface area contributed by atoms with Crippen molar-refractivity contribution >= 4 is 40.4 Å². The van der Waals surface area contributed by atoms with E-state index < -0.39 is 0 Å². The molecule has 0 amide bonds. The number of benzene rings is 1. The van der Waals surface area contributed by atoms with E-state index in [1.807, 2.05) is 6.07 Å². The summed E-state index contributed by atoms with van der Waals surface area (Å²) in [5, 5.41) is 34.7. The average molecular weight is 547 g/mol. The van der Waals surface area contributed by atoms with Crippen molar-refractivity contribution in [1.29, 1.82) is 10.5 Å². The van der Waals surface area contributed by atoms with Crippen molar-refractivity contribution in [1.82, 2.24) is 24.9 Å². The summed E-state index contributed by atoms with van der Waals surface area (Å²) in [5.41, 5.74) is 2.63. The van der Waals surface area contributed by atoms with Gasteiger partial charge in [0.2, 0.25) is 5.95 Å². The number of nitriles is 2. The summed E-state index contributed by atoms with van der Waals surface area (Å²) in [5.74, 6) is 1.54. The van der Waals surface area contributed by atoms with E-state index in [4.69, 9.17) is 16.3 Å². The number of hydrogen-bond donors (Lipinski definition) is 3. The Kier molecular flexibility index (Phi) is 7.13. The van der Waals surface area contributed by atoms with Crippen LogP contribution >= 0.6 is 11.6 Å². The number of rotatable bonds is 10. The topological polar surface area (TPSA) is 139 Å². The minimum Gasteiger partial charge on any atom is -0.383 e. The van der Waals surface area contributed by atoms with Crippen LogP contribution in [0.15, 0.2) is 18.3 Å². The number of anilines is 4. The van der Waals surface area contributed by atoms with Crippen molar-refractivity contribution in [2.75, 3.05) is 42.3 Å². The fraction of sp³-hybridized carbons (Fsp3) is 0.519. The van der Waals surface area contributed by atoms with Crippen molar-refractivity contribution in [2.45, 2.75) is 56.7 Å². The minimum absolute atomic E-state index is 0.259. The number of piperidine rings is 1. The van der Waals surface area contributed by atoms with Gasteiger partial charge in [-0.25, -0.2) is 4.98 Å². The van der Waals surface area contributed by atoms with Crippen molar-refractivity contribution in [3.63, 3.8) is 0 Å². The lowest BCUT2D eigenvalue weighted by Crippen LogP contribution is -2.48. The van der Waals surface area contributed by atoms with Gasteiger partial charge in [0, 0.05) is 38.3 Å². The molecule has 1 atom stereocenters. The van der Waals surface area contributed by atoms with Gasteiger partial charge in [-0.15, -0.1) is 5.10 Å². The van der Waals surface area contributed by atoms with Crippen LogP contribution in [0.2, 0.25) is 5.02 Å². The molecule has 39 heavy (non-hydrogen) atoms. The highest BCUT2D eigenvalue weighted by atomic mass is 35.5. The number of nitrogens with one attached hydrogen (secondary N) is 3. The molecular formula is C27H31ClN10O. The molecule has 12 heteroatoms. The zero-order valence-electron chi connectivity index (χ0n) is 21.8. The Morgan fingerprint density at radius 3 is 2.56 bits per heavy atom. The monoisotopic (exact) mass is 546 g/mol. The molecule has 3 fully saturated rings. The molecule has 3 N–H and O–H groups in total. The maximum Gasteiger partial charge on any atom is 0.247 e. The lowest BCUT2D eigenvalue weighted by molar-refractivity contribution is 0.148. The van der Waals surface area contributed by atoms with Crippen LogP contribution in [0.3, 0.4) is 0 Å². The van der Waals surface area contributed by atoms with Gasteiger partial charge in [0.15, 0.2) is 17.2 Å². The molecule has 11 nitrogen and oxygen atoms in total. The second-order valence-corrected chi connectivity index (χ2v) is 11.0. The Balaban J connectivity index is 1.23. The Hall–Kier alpha value is -3.64. The second-order valence-electron chi connectivity index (χ2n) is 10.6. The van der Waals surface area contributed by atoms with Crippen LogP contribution in [-0.4, -0.2) is 64.5 Å². The van der Waals surface area contributed by atoms with Crippen molar-refractivity contribution in [3.8, 4) is 12.1 Å². The van der Waals surface area contributed by atoms with Gasteiger partial charge < -0.3 is 25.6 Å². The van der Waals surface area contributed by atoms with Crippen molar-refractivity contribution in [2.24, 2.45) is 5.92 Å². The number of aromatic nitrogens is 4. The number of halogens is 1. The number of methoxy groups -OCH3 is 1. The maximum atomic E-state index is 9.77. The van der Waals surface area contributed by atoms with Gasteiger partial charge in [0.25, 0.3) is 0 Å². The summed E-state index contributed by atoms with van der Waals surface area (Å²) >= 11 is 6.93. The van der Waals surface area contributed by atoms with Gasteiger partial charge in [0.05, 0.1) is 40.8 Å². The van der Waals surface area contributed by atoms with Gasteiger partial charge in [-0.05, 0) is 56.6 Å². The molecule has 0 radical (unpaired) electrons. The first kappa shape index (κ1) is 25.6. The standard InChI is InChI=1S/C27H31ClN10O/c1-39-15-22(17-2-3-17)32-19-6-8-37(9-7-19)23-11-16(12-29)10-21(24(23)28)34-27-35-25(33-18-4-5-18)26-31-14-20(13-30)38(26)36-27/h10-11,14,17-19,22,32H,2-9,15H2,1H3,(H2,33,34,35,36). The minimum atomic E-state index is 0.259. The summed E-state index contributed by atoms with van der Waals surface area (Å²) in [6, 6.07) is 9.10. The summed E-state index contributed by atoms with van der Waals surface area (Å²) in [6.07, 6.45) is 8.12. The normalized spacial score (nSPS) is 18.5. The number of hydrogen-bond acceptors (Lipinski definition) is 10. The van der Waals surface area contributed by atoms with Crippen LogP contribution in [0.4, 0.5) is 23.1 Å². The van der Waals surface area contributed by atoms with Crippen LogP contribution in [0.5, 0.6) is 0 Å². The van der Waals surface area contributed by atoms with E-state index in [0.29, 0.717) is 51.6 Å². The van der Waals surface area contributed by atoms with E-state index in [-0.39, 0.29) is 5.95 Å². The smallest absolute Gasteiger partial charge is 0.247 e. The number of imidazole rings is 1. The zero-order chi connectivity index (χ0) is 26.9. The molecule has 6 rings (SSSR count). The largest absolute Gasteiger partial charge is 0.383 e. The first-order chi connectivity index (χ1) is 19.1. The maximum absolute atomic E-state index is 9.77. The Morgan fingerprint density at radius 2 is 1.90 bits per heavy atom. The van der Waals surface area contributed by atoms with E-state index >= 15 is 0 Å². The lowest BCUT2D eigenvalue weighted by Gasteiger charge is -2.36. The highest BCUT2D eigenvalue weighted by molar-refractivity contribution is 6.36. The number of fused-ring (bicyclic) bond motifs is 1. The van der Waals surface area contributed by atoms with Gasteiger partial charge in [-0.2, -0.15) is 20.0 Å². The molecule has 202 valence electrons. The summed E-state index contributed by atoms with van der Waals surface area (Å²) in [6.45, 7) is 2.40. The first-order valence-electron chi connectivity index (χ1n) is 13.5. The van der Waals surface area contributed by atoms with Crippen LogP contribution < -0.4 is 20.9 Å². The van der Waals surface area contributed by atoms with Gasteiger partial charge in [-0.1, -0.05) is 11.6 Å². The third kappa shape index (κ3) is 5.57. The summed E-state index contributed by atoms with van der Waals surface area (Å²) in [4.78, 5) is 11.2.